The van der Waals surface area contributed by atoms with Gasteiger partial charge in [0.15, 0.2) is 5.12 Å². The topological polar surface area (TPSA) is 46.6 Å². The van der Waals surface area contributed by atoms with Gasteiger partial charge in [0.25, 0.3) is 0 Å². The first kappa shape index (κ1) is 17.9. The number of methoxy groups -OCH3 is 1. The van der Waals surface area contributed by atoms with Crippen LogP contribution in [0.3, 0.4) is 0 Å². The van der Waals surface area contributed by atoms with Crippen LogP contribution in [0.15, 0.2) is 24.3 Å². The fourth-order valence-electron chi connectivity index (χ4n) is 2.90. The number of carbonyl (C=O) groups excluding carboxylic acids is 2. The molecule has 126 valence electrons. The van der Waals surface area contributed by atoms with Gasteiger partial charge in [-0.15, -0.1) is 0 Å². The number of aryl methyl sites for hydroxylation is 1. The summed E-state index contributed by atoms with van der Waals surface area (Å²) in [4.78, 5) is 25.2. The second kappa shape index (κ2) is 8.39. The third kappa shape index (κ3) is 5.27. The number of benzene rings is 1. The number of ether oxygens (including phenoxy) is 1. The van der Waals surface area contributed by atoms with Crippen LogP contribution in [-0.2, 0) is 16.0 Å². The smallest absolute Gasteiger partial charge is 0.223 e. The van der Waals surface area contributed by atoms with Crippen molar-refractivity contribution >= 4 is 22.8 Å². The van der Waals surface area contributed by atoms with Crippen molar-refractivity contribution in [2.45, 2.75) is 39.2 Å². The quantitative estimate of drug-likeness (QED) is 0.768. The molecule has 1 saturated heterocycles. The summed E-state index contributed by atoms with van der Waals surface area (Å²) in [6.07, 6.45) is 2.47. The van der Waals surface area contributed by atoms with Crippen molar-refractivity contribution in [3.05, 3.63) is 29.8 Å². The molecule has 23 heavy (non-hydrogen) atoms. The molecule has 1 heterocycles. The lowest BCUT2D eigenvalue weighted by molar-refractivity contribution is -0.129. The molecule has 1 fully saturated rings. The van der Waals surface area contributed by atoms with Crippen LogP contribution in [0.4, 0.5) is 0 Å². The molecule has 0 bridgehead atoms. The number of amides is 1. The van der Waals surface area contributed by atoms with Gasteiger partial charge in [0.05, 0.1) is 7.11 Å². The zero-order chi connectivity index (χ0) is 16.8. The van der Waals surface area contributed by atoms with Crippen LogP contribution in [0.2, 0.25) is 0 Å². The number of likely N-dealkylation sites (tertiary alicyclic amines) is 1. The van der Waals surface area contributed by atoms with Gasteiger partial charge in [-0.25, -0.2) is 0 Å². The lowest BCUT2D eigenvalue weighted by Gasteiger charge is -2.25. The van der Waals surface area contributed by atoms with E-state index in [0.717, 1.165) is 30.9 Å². The Morgan fingerprint density at radius 2 is 2.09 bits per heavy atom. The summed E-state index contributed by atoms with van der Waals surface area (Å²) in [5.74, 6) is 2.14. The van der Waals surface area contributed by atoms with Crippen molar-refractivity contribution in [3.63, 3.8) is 0 Å². The molecule has 0 aliphatic carbocycles. The van der Waals surface area contributed by atoms with Crippen LogP contribution >= 0.6 is 11.8 Å². The Balaban J connectivity index is 1.81. The molecule has 1 aliphatic rings. The zero-order valence-corrected chi connectivity index (χ0v) is 14.9. The first-order chi connectivity index (χ1) is 11.0. The van der Waals surface area contributed by atoms with Crippen molar-refractivity contribution in [1.82, 2.24) is 4.90 Å². The van der Waals surface area contributed by atoms with E-state index in [1.807, 2.05) is 17.0 Å². The number of nitrogens with zero attached hydrogens (tertiary/aromatic N) is 1. The molecule has 1 aromatic rings. The molecule has 1 aliphatic heterocycles. The molecular formula is C18H25NO3S. The number of thioether (sulfide) groups is 1. The van der Waals surface area contributed by atoms with Crippen molar-refractivity contribution in [3.8, 4) is 5.75 Å². The van der Waals surface area contributed by atoms with Crippen LogP contribution in [0.25, 0.3) is 0 Å². The molecule has 5 heteroatoms. The lowest BCUT2D eigenvalue weighted by atomic mass is 10.1. The largest absolute Gasteiger partial charge is 0.497 e. The Labute approximate surface area is 142 Å². The summed E-state index contributed by atoms with van der Waals surface area (Å²) in [6.45, 7) is 4.47. The summed E-state index contributed by atoms with van der Waals surface area (Å²) in [5, 5.41) is 0.128. The molecule has 0 spiro atoms. The van der Waals surface area contributed by atoms with E-state index in [9.17, 15) is 9.59 Å². The minimum Gasteiger partial charge on any atom is -0.497 e. The standard InChI is InChI=1S/C18H25NO3S/c1-13(4-5-15-6-8-17(22-3)9-7-15)19-11-16(10-18(19)21)12-23-14(2)20/h6-9,13,16H,4-5,10-12H2,1-3H3. The van der Waals surface area contributed by atoms with Crippen LogP contribution < -0.4 is 4.74 Å². The zero-order valence-electron chi connectivity index (χ0n) is 14.1. The molecule has 2 atom stereocenters. The number of hydrogen-bond acceptors (Lipinski definition) is 4. The van der Waals surface area contributed by atoms with E-state index in [2.05, 4.69) is 19.1 Å². The maximum Gasteiger partial charge on any atom is 0.223 e. The third-order valence-electron chi connectivity index (χ3n) is 4.30. The maximum absolute atomic E-state index is 12.2. The Hall–Kier alpha value is -1.49. The van der Waals surface area contributed by atoms with Crippen molar-refractivity contribution in [2.24, 2.45) is 5.92 Å². The van der Waals surface area contributed by atoms with Gasteiger partial charge in [-0.2, -0.15) is 0 Å². The minimum atomic E-state index is 0.128. The number of carbonyl (C=O) groups is 2. The molecular weight excluding hydrogens is 310 g/mol. The highest BCUT2D eigenvalue weighted by molar-refractivity contribution is 8.13. The van der Waals surface area contributed by atoms with E-state index in [0.29, 0.717) is 12.3 Å². The van der Waals surface area contributed by atoms with Crippen molar-refractivity contribution < 1.29 is 14.3 Å². The van der Waals surface area contributed by atoms with E-state index in [1.165, 1.54) is 17.3 Å². The molecule has 4 nitrogen and oxygen atoms in total. The van der Waals surface area contributed by atoms with Crippen LogP contribution in [0.5, 0.6) is 5.75 Å². The molecule has 0 saturated carbocycles. The summed E-state index contributed by atoms with van der Waals surface area (Å²) in [6, 6.07) is 8.32. The summed E-state index contributed by atoms with van der Waals surface area (Å²) < 4.78 is 5.16. The second-order valence-corrected chi connectivity index (χ2v) is 7.35. The average molecular weight is 335 g/mol. The van der Waals surface area contributed by atoms with E-state index >= 15 is 0 Å². The number of rotatable bonds is 7. The van der Waals surface area contributed by atoms with Crippen LogP contribution in [0, 0.1) is 5.92 Å². The fourth-order valence-corrected chi connectivity index (χ4v) is 3.60. The molecule has 0 N–H and O–H groups in total. The highest BCUT2D eigenvalue weighted by Gasteiger charge is 2.32. The molecule has 0 radical (unpaired) electrons. The first-order valence-electron chi connectivity index (χ1n) is 8.05. The average Bonchev–Trinajstić information content (AvgIpc) is 2.92. The minimum absolute atomic E-state index is 0.128. The van der Waals surface area contributed by atoms with Gasteiger partial charge >= 0.3 is 0 Å². The molecule has 2 unspecified atom stereocenters. The van der Waals surface area contributed by atoms with Gasteiger partial charge in [0, 0.05) is 31.7 Å². The molecule has 1 aromatic carbocycles. The third-order valence-corrected chi connectivity index (χ3v) is 5.35. The summed E-state index contributed by atoms with van der Waals surface area (Å²) in [7, 11) is 1.66. The fraction of sp³-hybridized carbons (Fsp3) is 0.556. The Morgan fingerprint density at radius 1 is 1.39 bits per heavy atom. The highest BCUT2D eigenvalue weighted by atomic mass is 32.2. The summed E-state index contributed by atoms with van der Waals surface area (Å²) >= 11 is 1.33. The Bertz CT molecular complexity index is 544. The van der Waals surface area contributed by atoms with Gasteiger partial charge in [0.1, 0.15) is 5.75 Å². The van der Waals surface area contributed by atoms with E-state index in [4.69, 9.17) is 4.74 Å². The van der Waals surface area contributed by atoms with Gasteiger partial charge in [-0.05, 0) is 43.4 Å². The second-order valence-electron chi connectivity index (χ2n) is 6.15. The first-order valence-corrected chi connectivity index (χ1v) is 9.04. The predicted molar refractivity (Wildman–Crippen MR) is 93.7 cm³/mol. The Morgan fingerprint density at radius 3 is 2.70 bits per heavy atom. The van der Waals surface area contributed by atoms with Gasteiger partial charge in [-0.3, -0.25) is 9.59 Å². The molecule has 0 aromatic heterocycles. The predicted octanol–water partition coefficient (Wildman–Crippen LogP) is 3.14. The van der Waals surface area contributed by atoms with E-state index < -0.39 is 0 Å². The highest BCUT2D eigenvalue weighted by Crippen LogP contribution is 2.25. The molecule has 2 rings (SSSR count). The van der Waals surface area contributed by atoms with E-state index in [1.54, 1.807) is 14.0 Å². The SMILES string of the molecule is COc1ccc(CCC(C)N2CC(CSC(C)=O)CC2=O)cc1. The lowest BCUT2D eigenvalue weighted by Crippen LogP contribution is -2.34. The van der Waals surface area contributed by atoms with E-state index in [-0.39, 0.29) is 17.1 Å². The maximum atomic E-state index is 12.2. The molecule has 1 amide bonds. The van der Waals surface area contributed by atoms with Crippen LogP contribution in [0.1, 0.15) is 32.3 Å². The monoisotopic (exact) mass is 335 g/mol. The van der Waals surface area contributed by atoms with Gasteiger partial charge < -0.3 is 9.64 Å². The Kier molecular flexibility index (Phi) is 6.51. The summed E-state index contributed by atoms with van der Waals surface area (Å²) in [5.41, 5.74) is 1.26. The van der Waals surface area contributed by atoms with Crippen molar-refractivity contribution in [1.29, 1.82) is 0 Å². The van der Waals surface area contributed by atoms with Gasteiger partial charge in [0.2, 0.25) is 5.91 Å². The normalized spacial score (nSPS) is 19.0. The van der Waals surface area contributed by atoms with Crippen molar-refractivity contribution in [2.75, 3.05) is 19.4 Å². The van der Waals surface area contributed by atoms with Gasteiger partial charge in [-0.1, -0.05) is 23.9 Å². The van der Waals surface area contributed by atoms with Crippen LogP contribution in [-0.4, -0.2) is 41.4 Å². The number of hydrogen-bond donors (Lipinski definition) is 0.